The van der Waals surface area contributed by atoms with E-state index in [4.69, 9.17) is 32.5 Å². The van der Waals surface area contributed by atoms with Crippen LogP contribution < -0.4 is 0 Å². The predicted octanol–water partition coefficient (Wildman–Crippen LogP) is 2.49. The van der Waals surface area contributed by atoms with E-state index in [1.165, 1.54) is 55.4 Å². The van der Waals surface area contributed by atoms with Crippen molar-refractivity contribution < 1.29 is 61.9 Å². The molecule has 1 aliphatic heterocycles. The first-order valence-corrected chi connectivity index (χ1v) is 14.7. The lowest BCUT2D eigenvalue weighted by molar-refractivity contribution is -0.321. The summed E-state index contributed by atoms with van der Waals surface area (Å²) in [5.74, 6) is -4.49. The van der Waals surface area contributed by atoms with Gasteiger partial charge < -0.3 is 42.7 Å². The Morgan fingerprint density at radius 3 is 2.15 bits per heavy atom. The van der Waals surface area contributed by atoms with Gasteiger partial charge in [0.05, 0.1) is 52.9 Å². The Hall–Kier alpha value is -4.53. The number of hydrogen-bond donors (Lipinski definition) is 2. The summed E-state index contributed by atoms with van der Waals surface area (Å²) in [6.45, 7) is 3.73. The number of carbonyl (C=O) groups is 4. The second-order valence-corrected chi connectivity index (χ2v) is 12.2. The zero-order valence-electron chi connectivity index (χ0n) is 25.2. The number of hydrogen-bond acceptors (Lipinski definition) is 14. The minimum atomic E-state index is -2.05. The number of aromatic nitrogens is 1. The highest BCUT2D eigenvalue weighted by Crippen LogP contribution is 2.66. The summed E-state index contributed by atoms with van der Waals surface area (Å²) in [6.07, 6.45) is 0.0631. The molecule has 0 radical (unpaired) electrons. The van der Waals surface area contributed by atoms with Gasteiger partial charge in [0.15, 0.2) is 6.10 Å². The van der Waals surface area contributed by atoms with Crippen LogP contribution >= 0.6 is 0 Å². The summed E-state index contributed by atoms with van der Waals surface area (Å²) < 4.78 is 40.6. The Morgan fingerprint density at radius 1 is 0.913 bits per heavy atom. The first-order valence-electron chi connectivity index (χ1n) is 14.7. The fraction of sp³-hybridized carbons (Fsp3) is 0.469. The molecule has 2 N–H and O–H groups in total. The van der Waals surface area contributed by atoms with Crippen LogP contribution in [0.3, 0.4) is 0 Å². The van der Waals surface area contributed by atoms with Gasteiger partial charge in [0.25, 0.3) is 0 Å². The van der Waals surface area contributed by atoms with Gasteiger partial charge in [-0.15, -0.1) is 0 Å². The molecule has 4 heterocycles. The SMILES string of the molecule is CC(=O)OC[C@@]12[C@@H](OC(=O)c3ccoc3)CC[C@H](O)C13OC(C)(C)C([C@@H](OC(=O)c1cccnc1)[C@H]2OC(=O)c1ccoc1)[C@H]3O. The molecular weight excluding hydrogens is 606 g/mol. The first-order chi connectivity index (χ1) is 21.9. The number of pyridine rings is 1. The maximum atomic E-state index is 13.7. The quantitative estimate of drug-likeness (QED) is 0.270. The van der Waals surface area contributed by atoms with Crippen molar-refractivity contribution in [1.82, 2.24) is 4.98 Å². The van der Waals surface area contributed by atoms with Crippen molar-refractivity contribution in [1.29, 1.82) is 0 Å². The molecule has 3 aliphatic rings. The zero-order chi connectivity index (χ0) is 32.9. The third-order valence-corrected chi connectivity index (χ3v) is 9.33. The van der Waals surface area contributed by atoms with Gasteiger partial charge in [0.1, 0.15) is 42.4 Å². The smallest absolute Gasteiger partial charge is 0.341 e. The number of aliphatic hydroxyl groups is 2. The van der Waals surface area contributed by atoms with Crippen LogP contribution in [0, 0.1) is 11.3 Å². The molecule has 1 saturated heterocycles. The second-order valence-electron chi connectivity index (χ2n) is 12.2. The minimum Gasteiger partial charge on any atom is -0.472 e. The zero-order valence-corrected chi connectivity index (χ0v) is 25.2. The molecule has 3 aromatic heterocycles. The van der Waals surface area contributed by atoms with Gasteiger partial charge in [0, 0.05) is 19.3 Å². The van der Waals surface area contributed by atoms with E-state index < -0.39 is 83.5 Å². The maximum Gasteiger partial charge on any atom is 0.341 e. The molecule has 2 saturated carbocycles. The Morgan fingerprint density at radius 2 is 1.57 bits per heavy atom. The minimum absolute atomic E-state index is 0.00373. The number of furan rings is 2. The molecule has 8 atom stereocenters. The van der Waals surface area contributed by atoms with Crippen LogP contribution in [0.25, 0.3) is 0 Å². The molecule has 14 nitrogen and oxygen atoms in total. The number of rotatable bonds is 8. The number of carbonyl (C=O) groups excluding carboxylic acids is 4. The number of esters is 4. The number of ether oxygens (including phenoxy) is 5. The van der Waals surface area contributed by atoms with Gasteiger partial charge in [-0.05, 0) is 51.0 Å². The second kappa shape index (κ2) is 11.7. The van der Waals surface area contributed by atoms with E-state index in [9.17, 15) is 29.4 Å². The molecule has 6 rings (SSSR count). The van der Waals surface area contributed by atoms with Crippen LogP contribution in [-0.2, 0) is 28.5 Å². The fourth-order valence-corrected chi connectivity index (χ4v) is 7.45. The third kappa shape index (κ3) is 4.87. The molecule has 3 fully saturated rings. The van der Waals surface area contributed by atoms with Crippen molar-refractivity contribution in [3.63, 3.8) is 0 Å². The van der Waals surface area contributed by atoms with Crippen LogP contribution in [0.1, 0.15) is 64.7 Å². The van der Waals surface area contributed by atoms with Crippen molar-refractivity contribution in [2.24, 2.45) is 11.3 Å². The van der Waals surface area contributed by atoms with E-state index in [0.29, 0.717) is 0 Å². The fourth-order valence-electron chi connectivity index (χ4n) is 7.45. The maximum absolute atomic E-state index is 13.7. The van der Waals surface area contributed by atoms with Crippen molar-refractivity contribution in [3.05, 3.63) is 78.4 Å². The Kier molecular flexibility index (Phi) is 7.99. The third-order valence-electron chi connectivity index (χ3n) is 9.33. The molecule has 2 aliphatic carbocycles. The Bertz CT molecular complexity index is 1590. The van der Waals surface area contributed by atoms with E-state index in [-0.39, 0.29) is 29.5 Å². The topological polar surface area (TPSA) is 194 Å². The van der Waals surface area contributed by atoms with Gasteiger partial charge >= 0.3 is 23.9 Å². The molecule has 3 aromatic rings. The van der Waals surface area contributed by atoms with Crippen LogP contribution in [0.5, 0.6) is 0 Å². The normalized spacial score (nSPS) is 32.5. The average Bonchev–Trinajstić information content (AvgIpc) is 3.78. The van der Waals surface area contributed by atoms with E-state index >= 15 is 0 Å². The molecule has 244 valence electrons. The summed E-state index contributed by atoms with van der Waals surface area (Å²) in [6, 6.07) is 5.73. The molecule has 0 aromatic carbocycles. The van der Waals surface area contributed by atoms with Gasteiger partial charge in [0.2, 0.25) is 0 Å². The van der Waals surface area contributed by atoms with Crippen LogP contribution in [-0.4, -0.2) is 87.4 Å². The van der Waals surface area contributed by atoms with Gasteiger partial charge in [-0.2, -0.15) is 0 Å². The van der Waals surface area contributed by atoms with Crippen LogP contribution in [0.15, 0.2) is 70.5 Å². The average molecular weight is 640 g/mol. The predicted molar refractivity (Wildman–Crippen MR) is 151 cm³/mol. The van der Waals surface area contributed by atoms with Crippen molar-refractivity contribution in [2.45, 2.75) is 75.3 Å². The molecule has 14 heteroatoms. The number of aliphatic hydroxyl groups excluding tert-OH is 2. The lowest BCUT2D eigenvalue weighted by Gasteiger charge is -2.62. The van der Waals surface area contributed by atoms with E-state index in [0.717, 1.165) is 13.2 Å². The Labute approximate surface area is 262 Å². The highest BCUT2D eigenvalue weighted by molar-refractivity contribution is 5.90. The lowest BCUT2D eigenvalue weighted by atomic mass is 9.49. The molecule has 2 unspecified atom stereocenters. The summed E-state index contributed by atoms with van der Waals surface area (Å²) in [7, 11) is 0. The van der Waals surface area contributed by atoms with E-state index in [1.54, 1.807) is 13.8 Å². The standard InChI is InChI=1S/C32H33NO13/c1-17(34)42-16-31-22(43-28(38)19-8-11-40-14-19)7-6-21(35)32(31)25(36)23(30(2,3)46-32)24(44-27(37)18-5-4-10-33-13-18)26(31)45-29(39)20-9-12-41-15-20/h4-5,8-15,21-26,35-36H,6-7,16H2,1-3H3/t21-,22-,23?,24+,25+,26+,31-,32?/m0/s1. The van der Waals surface area contributed by atoms with Crippen molar-refractivity contribution in [2.75, 3.05) is 6.61 Å². The lowest BCUT2D eigenvalue weighted by Crippen LogP contribution is -2.80. The molecular formula is C32H33NO13. The summed E-state index contributed by atoms with van der Waals surface area (Å²) in [4.78, 5) is 57.1. The molecule has 2 bridgehead atoms. The largest absolute Gasteiger partial charge is 0.472 e. The van der Waals surface area contributed by atoms with Crippen LogP contribution in [0.4, 0.5) is 0 Å². The highest BCUT2D eigenvalue weighted by Gasteiger charge is 2.84. The Balaban J connectivity index is 1.57. The molecule has 0 amide bonds. The summed E-state index contributed by atoms with van der Waals surface area (Å²) >= 11 is 0. The van der Waals surface area contributed by atoms with Gasteiger partial charge in [-0.1, -0.05) is 0 Å². The molecule has 46 heavy (non-hydrogen) atoms. The van der Waals surface area contributed by atoms with Crippen molar-refractivity contribution >= 4 is 23.9 Å². The monoisotopic (exact) mass is 639 g/mol. The number of fused-ring (bicyclic) bond motifs is 1. The highest BCUT2D eigenvalue weighted by atomic mass is 16.6. The van der Waals surface area contributed by atoms with Crippen molar-refractivity contribution in [3.8, 4) is 0 Å². The van der Waals surface area contributed by atoms with Crippen LogP contribution in [0.2, 0.25) is 0 Å². The van der Waals surface area contributed by atoms with Gasteiger partial charge in [-0.3, -0.25) is 9.78 Å². The van der Waals surface area contributed by atoms with E-state index in [1.807, 2.05) is 0 Å². The first kappa shape index (κ1) is 31.5. The van der Waals surface area contributed by atoms with Gasteiger partial charge in [-0.25, -0.2) is 14.4 Å². The summed E-state index contributed by atoms with van der Waals surface area (Å²) in [5.41, 5.74) is -5.30. The summed E-state index contributed by atoms with van der Waals surface area (Å²) in [5, 5.41) is 24.0. The number of nitrogens with zero attached hydrogens (tertiary/aromatic N) is 1. The van der Waals surface area contributed by atoms with E-state index in [2.05, 4.69) is 4.98 Å². The molecule has 1 spiro atoms.